The maximum atomic E-state index is 14.2. The summed E-state index contributed by atoms with van der Waals surface area (Å²) in [7, 11) is 0. The smallest absolute Gasteiger partial charge is 0.234 e. The zero-order valence-electron chi connectivity index (χ0n) is 44.3. The van der Waals surface area contributed by atoms with Gasteiger partial charge in [-0.2, -0.15) is 23.5 Å². The largest absolute Gasteiger partial charge is 0.508 e. The van der Waals surface area contributed by atoms with Crippen LogP contribution in [0.4, 0.5) is 0 Å². The van der Waals surface area contributed by atoms with E-state index in [0.29, 0.717) is 122 Å². The van der Waals surface area contributed by atoms with Crippen molar-refractivity contribution in [3.05, 3.63) is 29.8 Å². The summed E-state index contributed by atoms with van der Waals surface area (Å²) in [6, 6.07) is 4.32. The maximum absolute atomic E-state index is 14.2. The average Bonchev–Trinajstić information content (AvgIpc) is 3.36. The quantitative estimate of drug-likeness (QED) is 0.0283. The van der Waals surface area contributed by atoms with Gasteiger partial charge in [-0.25, -0.2) is 0 Å². The van der Waals surface area contributed by atoms with Gasteiger partial charge in [-0.1, -0.05) is 38.8 Å². The molecule has 21 heteroatoms. The van der Waals surface area contributed by atoms with Crippen molar-refractivity contribution in [2.45, 2.75) is 148 Å². The summed E-state index contributed by atoms with van der Waals surface area (Å²) in [6.45, 7) is 6.26. The number of nitrogens with zero attached hydrogens (tertiary/aromatic N) is 1. The average molecular weight is 1080 g/mol. The highest BCUT2D eigenvalue weighted by Gasteiger charge is 2.29. The van der Waals surface area contributed by atoms with E-state index in [0.717, 1.165) is 5.56 Å². The molecule has 1 aromatic rings. The van der Waals surface area contributed by atoms with Crippen LogP contribution in [0.15, 0.2) is 29.3 Å². The second-order valence-electron chi connectivity index (χ2n) is 19.2. The van der Waals surface area contributed by atoms with E-state index in [9.17, 15) is 43.5 Å². The van der Waals surface area contributed by atoms with Crippen LogP contribution < -0.4 is 38.5 Å². The molecule has 1 aliphatic heterocycles. The number of carbonyl (C=O) groups excluding carboxylic acids is 8. The number of phenols is 1. The van der Waals surface area contributed by atoms with E-state index >= 15 is 0 Å². The van der Waals surface area contributed by atoms with Crippen LogP contribution in [-0.2, 0) is 54.3 Å². The number of aromatic hydroxyl groups is 1. The van der Waals surface area contributed by atoms with Gasteiger partial charge in [0.15, 0.2) is 17.5 Å². The molecule has 0 aliphatic carbocycles. The van der Waals surface area contributed by atoms with Crippen LogP contribution in [-0.4, -0.2) is 152 Å². The lowest BCUT2D eigenvalue weighted by Gasteiger charge is -2.25. The highest BCUT2D eigenvalue weighted by atomic mass is 32.2. The van der Waals surface area contributed by atoms with E-state index in [-0.39, 0.29) is 127 Å². The third-order valence-electron chi connectivity index (χ3n) is 13.1. The van der Waals surface area contributed by atoms with E-state index in [1.165, 1.54) is 35.7 Å². The molecule has 19 nitrogen and oxygen atoms in total. The van der Waals surface area contributed by atoms with Crippen LogP contribution >= 0.6 is 23.5 Å². The molecule has 0 unspecified atom stereocenters. The van der Waals surface area contributed by atoms with Crippen molar-refractivity contribution in [1.29, 1.82) is 0 Å². The summed E-state index contributed by atoms with van der Waals surface area (Å²) in [4.78, 5) is 109. The molecular formula is C53H88N8O11S2. The number of nitrogens with two attached hydrogens (primary N) is 3. The SMILES string of the molecule is CC[C@H](C)[C@@H]1NC(=O)CCCCC(=O)CSC[C@@H](C(=O)CC[C@@H](CCCN=C(N)N)CN[C@@H](Cc2ccc(O)cc2)C(N)=O)NCC(=O)[C@H](CCCCNC(=O)CCOCCOCCCC(=O)CSC)CCC1=O. The lowest BCUT2D eigenvalue weighted by atomic mass is 9.87. The van der Waals surface area contributed by atoms with Crippen LogP contribution in [0.2, 0.25) is 0 Å². The fraction of sp³-hybridized carbons (Fsp3) is 0.717. The van der Waals surface area contributed by atoms with Crippen LogP contribution in [0, 0.1) is 17.8 Å². The van der Waals surface area contributed by atoms with Crippen LogP contribution in [0.1, 0.15) is 129 Å². The van der Waals surface area contributed by atoms with Gasteiger partial charge in [-0.3, -0.25) is 48.7 Å². The number of primary amides is 1. The Kier molecular flexibility index (Phi) is 35.4. The van der Waals surface area contributed by atoms with E-state index in [1.54, 1.807) is 12.1 Å². The molecule has 1 saturated heterocycles. The second kappa shape index (κ2) is 39.9. The Balaban J connectivity index is 2.15. The van der Waals surface area contributed by atoms with E-state index in [4.69, 9.17) is 26.7 Å². The van der Waals surface area contributed by atoms with Crippen molar-refractivity contribution < 1.29 is 52.9 Å². The van der Waals surface area contributed by atoms with Gasteiger partial charge in [0.05, 0.1) is 56.0 Å². The number of ether oxygens (including phenoxy) is 2. The first kappa shape index (κ1) is 65.7. The van der Waals surface area contributed by atoms with Crippen molar-refractivity contribution in [3.63, 3.8) is 0 Å². The first-order valence-corrected chi connectivity index (χ1v) is 29.1. The lowest BCUT2D eigenvalue weighted by molar-refractivity contribution is -0.129. The molecule has 0 saturated carbocycles. The van der Waals surface area contributed by atoms with Crippen molar-refractivity contribution in [2.75, 3.05) is 76.1 Å². The fourth-order valence-corrected chi connectivity index (χ4v) is 9.89. The Bertz CT molecular complexity index is 1890. The summed E-state index contributed by atoms with van der Waals surface area (Å²) in [5, 5.41) is 22.1. The highest BCUT2D eigenvalue weighted by molar-refractivity contribution is 8.00. The Morgan fingerprint density at radius 2 is 1.62 bits per heavy atom. The van der Waals surface area contributed by atoms with Gasteiger partial charge >= 0.3 is 0 Å². The summed E-state index contributed by atoms with van der Waals surface area (Å²) in [5.41, 5.74) is 17.7. The number of benzene rings is 1. The zero-order valence-corrected chi connectivity index (χ0v) is 45.9. The molecule has 1 aromatic carbocycles. The Labute approximate surface area is 447 Å². The number of amides is 3. The number of carbonyl (C=O) groups is 8. The minimum atomic E-state index is -0.765. The number of guanidine groups is 1. The van der Waals surface area contributed by atoms with E-state index in [2.05, 4.69) is 26.3 Å². The minimum absolute atomic E-state index is 0.0130. The monoisotopic (exact) mass is 1080 g/mol. The third-order valence-corrected chi connectivity index (χ3v) is 14.8. The number of rotatable bonds is 33. The molecule has 1 heterocycles. The molecule has 1 aliphatic rings. The molecule has 3 amide bonds. The summed E-state index contributed by atoms with van der Waals surface area (Å²) in [6.07, 6.45) is 9.35. The number of aliphatic imine (C=N–C) groups is 1. The number of unbranched alkanes of at least 4 members (excludes halogenated alkanes) is 1. The third kappa shape index (κ3) is 30.8. The first-order chi connectivity index (χ1) is 35.5. The number of ketones is 5. The number of phenolic OH excluding ortho intramolecular Hbond substituents is 1. The molecule has 74 heavy (non-hydrogen) atoms. The molecule has 0 bridgehead atoms. The van der Waals surface area contributed by atoms with Gasteiger partial charge in [0.2, 0.25) is 17.7 Å². The first-order valence-electron chi connectivity index (χ1n) is 26.5. The van der Waals surface area contributed by atoms with Crippen LogP contribution in [0.25, 0.3) is 0 Å². The number of thioether (sulfide) groups is 2. The molecule has 11 N–H and O–H groups in total. The normalized spacial score (nSPS) is 19.0. The summed E-state index contributed by atoms with van der Waals surface area (Å²) >= 11 is 2.82. The topological polar surface area (TPSA) is 314 Å². The van der Waals surface area contributed by atoms with Crippen molar-refractivity contribution >= 4 is 76.1 Å². The van der Waals surface area contributed by atoms with Crippen molar-refractivity contribution in [2.24, 2.45) is 39.9 Å². The molecule has 0 spiro atoms. The van der Waals surface area contributed by atoms with Gasteiger partial charge in [0, 0.05) is 69.9 Å². The Morgan fingerprint density at radius 1 is 0.892 bits per heavy atom. The summed E-state index contributed by atoms with van der Waals surface area (Å²) < 4.78 is 11.0. The number of hydrogen-bond acceptors (Lipinski definition) is 16. The van der Waals surface area contributed by atoms with Crippen LogP contribution in [0.5, 0.6) is 5.75 Å². The zero-order chi connectivity index (χ0) is 54.5. The predicted molar refractivity (Wildman–Crippen MR) is 293 cm³/mol. The van der Waals surface area contributed by atoms with Gasteiger partial charge in [-0.05, 0) is 107 Å². The maximum Gasteiger partial charge on any atom is 0.234 e. The molecule has 418 valence electrons. The minimum Gasteiger partial charge on any atom is -0.508 e. The van der Waals surface area contributed by atoms with Crippen molar-refractivity contribution in [3.8, 4) is 5.75 Å². The second-order valence-corrected chi connectivity index (χ2v) is 21.1. The molecular weight excluding hydrogens is 989 g/mol. The molecule has 6 atom stereocenters. The predicted octanol–water partition coefficient (Wildman–Crippen LogP) is 3.72. The van der Waals surface area contributed by atoms with Crippen molar-refractivity contribution in [1.82, 2.24) is 21.3 Å². The molecule has 1 fully saturated rings. The number of hydrogen-bond donors (Lipinski definition) is 8. The van der Waals surface area contributed by atoms with Gasteiger partial charge in [0.25, 0.3) is 0 Å². The Morgan fingerprint density at radius 3 is 2.32 bits per heavy atom. The molecule has 0 aromatic heterocycles. The standard InChI is InChI=1S/C53H88N8O11S2/c1-4-37(2)51-47(66)23-19-40(12-7-8-25-57-49(68)24-28-72-30-29-71-27-10-14-42(63)34-73-3)48(67)33-60-45(36-74-35-43(64)13-5-6-15-50(69)61-51)46(65)22-18-39(11-9-26-58-53(55)56)32-59-44(52(54)70)31-38-16-20-41(62)21-17-38/h16-17,20-21,37,39-40,44-45,51,59-60,62H,4-15,18-19,22-36H2,1-3H3,(H2,54,70)(H,57,68)(H,61,69)(H4,55,56,58)/t37-,39+,40+,44-,45-,51-/m0/s1. The van der Waals surface area contributed by atoms with E-state index in [1.807, 2.05) is 20.1 Å². The fourth-order valence-electron chi connectivity index (χ4n) is 8.39. The number of nitrogens with one attached hydrogen (secondary N) is 4. The Hall–Kier alpha value is -4.41. The van der Waals surface area contributed by atoms with E-state index < -0.39 is 30.0 Å². The number of Topliss-reactive ketones (excluding diaryl/α,β-unsaturated/α-hetero) is 5. The van der Waals surface area contributed by atoms with Gasteiger partial charge in [0.1, 0.15) is 23.1 Å². The highest BCUT2D eigenvalue weighted by Crippen LogP contribution is 2.22. The molecule has 2 rings (SSSR count). The molecule has 0 radical (unpaired) electrons. The van der Waals surface area contributed by atoms with Crippen LogP contribution in [0.3, 0.4) is 0 Å². The van der Waals surface area contributed by atoms with Gasteiger partial charge < -0.3 is 47.7 Å². The van der Waals surface area contributed by atoms with Gasteiger partial charge in [-0.15, -0.1) is 0 Å². The lowest BCUT2D eigenvalue weighted by Crippen LogP contribution is -2.45. The summed E-state index contributed by atoms with van der Waals surface area (Å²) in [5.74, 6) is -1.02.